The van der Waals surface area contributed by atoms with Crippen molar-refractivity contribution in [3.63, 3.8) is 0 Å². The summed E-state index contributed by atoms with van der Waals surface area (Å²) in [6.45, 7) is 0. The smallest absolute Gasteiger partial charge is 0.326 e. The zero-order chi connectivity index (χ0) is 34.8. The van der Waals surface area contributed by atoms with Crippen LogP contribution in [0.3, 0.4) is 0 Å². The van der Waals surface area contributed by atoms with E-state index in [4.69, 9.17) is 11.5 Å². The summed E-state index contributed by atoms with van der Waals surface area (Å²) in [4.78, 5) is 67.1. The highest BCUT2D eigenvalue weighted by atomic mass is 16.4. The van der Waals surface area contributed by atoms with Gasteiger partial charge in [0.1, 0.15) is 29.6 Å². The number of phenols is 2. The van der Waals surface area contributed by atoms with E-state index in [9.17, 15) is 39.3 Å². The van der Waals surface area contributed by atoms with Crippen LogP contribution < -0.4 is 27.4 Å². The highest BCUT2D eigenvalue weighted by molar-refractivity contribution is 5.95. The first-order chi connectivity index (χ1) is 22.9. The third kappa shape index (κ3) is 9.80. The lowest BCUT2D eigenvalue weighted by atomic mass is 10.0. The number of para-hydroxylation sites is 1. The molecule has 252 valence electrons. The third-order valence-corrected chi connectivity index (χ3v) is 7.76. The lowest BCUT2D eigenvalue weighted by molar-refractivity contribution is -0.142. The molecule has 1 heterocycles. The zero-order valence-electron chi connectivity index (χ0n) is 25.9. The molecule has 4 aromatic rings. The third-order valence-electron chi connectivity index (χ3n) is 7.76. The summed E-state index contributed by atoms with van der Waals surface area (Å²) in [5, 5.41) is 37.5. The minimum Gasteiger partial charge on any atom is -0.508 e. The van der Waals surface area contributed by atoms with Gasteiger partial charge in [0.05, 0.1) is 6.04 Å². The Morgan fingerprint density at radius 3 is 1.79 bits per heavy atom. The van der Waals surface area contributed by atoms with Gasteiger partial charge in [-0.25, -0.2) is 4.79 Å². The summed E-state index contributed by atoms with van der Waals surface area (Å²) in [6.07, 6.45) is 1.17. The first-order valence-electron chi connectivity index (χ1n) is 15.2. The van der Waals surface area contributed by atoms with Crippen LogP contribution in [0.5, 0.6) is 11.5 Å². The van der Waals surface area contributed by atoms with Gasteiger partial charge >= 0.3 is 5.97 Å². The SMILES string of the molecule is NC(=O)CCC(NC(=O)C(Cc1ccc(O)cc1)NC(=O)C(Cc1c[nH]c2ccccc12)NC(=O)C(N)Cc1ccc(O)cc1)C(=O)O. The van der Waals surface area contributed by atoms with Gasteiger partial charge in [0.25, 0.3) is 0 Å². The number of H-pyrrole nitrogens is 1. The molecule has 0 radical (unpaired) electrons. The highest BCUT2D eigenvalue weighted by Gasteiger charge is 2.31. The lowest BCUT2D eigenvalue weighted by Crippen LogP contribution is -2.58. The Morgan fingerprint density at radius 1 is 0.688 bits per heavy atom. The van der Waals surface area contributed by atoms with Gasteiger partial charge in [-0.2, -0.15) is 0 Å². The van der Waals surface area contributed by atoms with E-state index < -0.39 is 53.8 Å². The van der Waals surface area contributed by atoms with Gasteiger partial charge in [-0.15, -0.1) is 0 Å². The number of aromatic amines is 1. The second-order valence-electron chi connectivity index (χ2n) is 11.4. The van der Waals surface area contributed by atoms with Crippen molar-refractivity contribution in [1.82, 2.24) is 20.9 Å². The quantitative estimate of drug-likeness (QED) is 0.0822. The van der Waals surface area contributed by atoms with Gasteiger partial charge in [-0.05, 0) is 59.9 Å². The van der Waals surface area contributed by atoms with Crippen molar-refractivity contribution >= 4 is 40.5 Å². The molecule has 48 heavy (non-hydrogen) atoms. The van der Waals surface area contributed by atoms with E-state index in [1.54, 1.807) is 18.3 Å². The van der Waals surface area contributed by atoms with Gasteiger partial charge in [-0.1, -0.05) is 42.5 Å². The highest BCUT2D eigenvalue weighted by Crippen LogP contribution is 2.20. The summed E-state index contributed by atoms with van der Waals surface area (Å²) in [7, 11) is 0. The van der Waals surface area contributed by atoms with Gasteiger partial charge in [0.2, 0.25) is 23.6 Å². The number of aromatic hydroxyl groups is 2. The van der Waals surface area contributed by atoms with Crippen molar-refractivity contribution in [1.29, 1.82) is 0 Å². The molecule has 4 amide bonds. The number of benzene rings is 3. The standard InChI is InChI=1S/C34H38N6O8/c35-25(15-19-5-9-22(41)10-6-19)31(44)39-29(17-21-18-37-26-4-2-1-3-24(21)26)33(46)40-28(16-20-7-11-23(42)12-8-20)32(45)38-27(34(47)48)13-14-30(36)43/h1-12,18,25,27-29,37,41-42H,13-17,35H2,(H2,36,43)(H,38,45)(H,39,44)(H,40,46)(H,47,48). The fourth-order valence-corrected chi connectivity index (χ4v) is 5.15. The number of amides is 4. The number of nitrogens with two attached hydrogens (primary N) is 2. The number of phenolic OH excluding ortho intramolecular Hbond substituents is 2. The van der Waals surface area contributed by atoms with Crippen LogP contribution in [-0.4, -0.2) is 74.1 Å². The van der Waals surface area contributed by atoms with E-state index in [2.05, 4.69) is 20.9 Å². The number of aromatic nitrogens is 1. The number of carbonyl (C=O) groups excluding carboxylic acids is 4. The van der Waals surface area contributed by atoms with Crippen LogP contribution in [0.2, 0.25) is 0 Å². The Hall–Kier alpha value is -5.89. The molecule has 4 rings (SSSR count). The predicted molar refractivity (Wildman–Crippen MR) is 175 cm³/mol. The summed E-state index contributed by atoms with van der Waals surface area (Å²) in [5.74, 6) is -4.34. The molecule has 4 atom stereocenters. The molecule has 4 unspecified atom stereocenters. The maximum absolute atomic E-state index is 14.0. The number of carboxylic acid groups (broad SMARTS) is 1. The van der Waals surface area contributed by atoms with Crippen LogP contribution >= 0.6 is 0 Å². The Morgan fingerprint density at radius 2 is 1.21 bits per heavy atom. The number of nitrogens with one attached hydrogen (secondary N) is 4. The normalized spacial score (nSPS) is 13.5. The van der Waals surface area contributed by atoms with Crippen LogP contribution in [0.15, 0.2) is 79.0 Å². The van der Waals surface area contributed by atoms with Crippen LogP contribution in [0, 0.1) is 0 Å². The van der Waals surface area contributed by atoms with Gasteiger partial charge in [-0.3, -0.25) is 19.2 Å². The second kappa shape index (κ2) is 16.1. The molecule has 1 aromatic heterocycles. The first kappa shape index (κ1) is 35.0. The van der Waals surface area contributed by atoms with Crippen LogP contribution in [0.1, 0.15) is 29.5 Å². The number of carboxylic acids is 1. The van der Waals surface area contributed by atoms with Crippen LogP contribution in [0.25, 0.3) is 10.9 Å². The van der Waals surface area contributed by atoms with Gasteiger partial charge in [0.15, 0.2) is 0 Å². The Labute approximate surface area is 275 Å². The maximum atomic E-state index is 14.0. The van der Waals surface area contributed by atoms with Crippen molar-refractivity contribution < 1.29 is 39.3 Å². The average molecular weight is 659 g/mol. The molecule has 0 aliphatic carbocycles. The molecule has 0 saturated carbocycles. The summed E-state index contributed by atoms with van der Waals surface area (Å²) in [5.41, 5.74) is 14.1. The first-order valence-corrected chi connectivity index (χ1v) is 15.2. The van der Waals surface area contributed by atoms with E-state index in [1.807, 2.05) is 24.3 Å². The van der Waals surface area contributed by atoms with Crippen molar-refractivity contribution in [3.8, 4) is 11.5 Å². The summed E-state index contributed by atoms with van der Waals surface area (Å²) < 4.78 is 0. The zero-order valence-corrected chi connectivity index (χ0v) is 25.9. The number of aliphatic carboxylic acids is 1. The molecule has 0 bridgehead atoms. The molecule has 11 N–H and O–H groups in total. The lowest BCUT2D eigenvalue weighted by Gasteiger charge is -2.25. The van der Waals surface area contributed by atoms with E-state index in [0.717, 1.165) is 10.9 Å². The average Bonchev–Trinajstić information content (AvgIpc) is 3.46. The number of hydrogen-bond donors (Lipinski definition) is 9. The van der Waals surface area contributed by atoms with Crippen molar-refractivity contribution in [3.05, 3.63) is 95.7 Å². The number of rotatable bonds is 16. The monoisotopic (exact) mass is 658 g/mol. The molecule has 0 fully saturated rings. The molecule has 0 aliphatic heterocycles. The molecule has 0 saturated heterocycles. The van der Waals surface area contributed by atoms with Crippen LogP contribution in [0.4, 0.5) is 0 Å². The number of carbonyl (C=O) groups is 5. The molecule has 14 nitrogen and oxygen atoms in total. The van der Waals surface area contributed by atoms with E-state index in [0.29, 0.717) is 16.7 Å². The number of primary amides is 1. The predicted octanol–water partition coefficient (Wildman–Crippen LogP) is 0.739. The van der Waals surface area contributed by atoms with E-state index >= 15 is 0 Å². The van der Waals surface area contributed by atoms with Crippen molar-refractivity contribution in [2.75, 3.05) is 0 Å². The van der Waals surface area contributed by atoms with Crippen molar-refractivity contribution in [2.45, 2.75) is 56.3 Å². The number of hydrogen-bond acceptors (Lipinski definition) is 8. The Bertz CT molecular complexity index is 1760. The fraction of sp³-hybridized carbons (Fsp3) is 0.265. The Balaban J connectivity index is 1.59. The van der Waals surface area contributed by atoms with Gasteiger partial charge in [0, 0.05) is 36.4 Å². The fourth-order valence-electron chi connectivity index (χ4n) is 5.15. The minimum atomic E-state index is -1.47. The van der Waals surface area contributed by atoms with E-state index in [-0.39, 0.29) is 43.6 Å². The summed E-state index contributed by atoms with van der Waals surface area (Å²) in [6, 6.07) is 14.4. The number of fused-ring (bicyclic) bond motifs is 1. The largest absolute Gasteiger partial charge is 0.508 e. The maximum Gasteiger partial charge on any atom is 0.326 e. The topological polar surface area (TPSA) is 250 Å². The van der Waals surface area contributed by atoms with Crippen molar-refractivity contribution in [2.24, 2.45) is 11.5 Å². The molecule has 14 heteroatoms. The Kier molecular flexibility index (Phi) is 11.7. The molecule has 3 aromatic carbocycles. The summed E-state index contributed by atoms with van der Waals surface area (Å²) >= 11 is 0. The van der Waals surface area contributed by atoms with E-state index in [1.165, 1.54) is 36.4 Å². The minimum absolute atomic E-state index is 0.0113. The second-order valence-corrected chi connectivity index (χ2v) is 11.4. The molecule has 0 spiro atoms. The molecular weight excluding hydrogens is 620 g/mol. The molecular formula is C34H38N6O8. The van der Waals surface area contributed by atoms with Crippen LogP contribution in [-0.2, 0) is 43.2 Å². The van der Waals surface area contributed by atoms with Gasteiger partial charge < -0.3 is 47.7 Å². The molecule has 0 aliphatic rings.